The molecule has 0 radical (unpaired) electrons. The van der Waals surface area contributed by atoms with Crippen molar-refractivity contribution in [2.75, 3.05) is 44.7 Å². The van der Waals surface area contributed by atoms with Crippen molar-refractivity contribution in [2.45, 2.75) is 19.4 Å². The van der Waals surface area contributed by atoms with Crippen LogP contribution in [0.5, 0.6) is 0 Å². The van der Waals surface area contributed by atoms with Crippen molar-refractivity contribution in [3.63, 3.8) is 0 Å². The molecule has 7 heteroatoms. The van der Waals surface area contributed by atoms with Gasteiger partial charge in [0.25, 0.3) is 0 Å². The van der Waals surface area contributed by atoms with E-state index in [0.717, 1.165) is 18.8 Å². The molecular formula is C18H24N4O3. The number of likely N-dealkylation sites (tertiary alicyclic amines) is 1. The van der Waals surface area contributed by atoms with E-state index in [1.54, 1.807) is 23.8 Å². The zero-order chi connectivity index (χ0) is 18.0. The Bertz CT molecular complexity index is 665. The summed E-state index contributed by atoms with van der Waals surface area (Å²) in [6.45, 7) is 4.91. The number of nitrogens with one attached hydrogen (secondary N) is 1. The standard InChI is InChI=1S/C18H24N4O3/c1-13(23)14-3-5-15(6-4-14)21-9-11-22(12-10-21)18(25)19-16-7-8-20(2)17(16)24/h3-6,16H,7-12H2,1-2H3,(H,19,25)/t16-/m1/s1. The van der Waals surface area contributed by atoms with Gasteiger partial charge in [0.2, 0.25) is 5.91 Å². The molecule has 0 unspecified atom stereocenters. The fourth-order valence-electron chi connectivity index (χ4n) is 3.27. The minimum Gasteiger partial charge on any atom is -0.368 e. The number of amides is 3. The number of hydrogen-bond acceptors (Lipinski definition) is 4. The van der Waals surface area contributed by atoms with Gasteiger partial charge >= 0.3 is 6.03 Å². The Morgan fingerprint density at radius 3 is 2.20 bits per heavy atom. The van der Waals surface area contributed by atoms with E-state index in [2.05, 4.69) is 10.2 Å². The highest BCUT2D eigenvalue weighted by Crippen LogP contribution is 2.18. The first-order valence-electron chi connectivity index (χ1n) is 8.62. The van der Waals surface area contributed by atoms with Gasteiger partial charge in [-0.15, -0.1) is 0 Å². The summed E-state index contributed by atoms with van der Waals surface area (Å²) in [5, 5.41) is 2.84. The summed E-state index contributed by atoms with van der Waals surface area (Å²) < 4.78 is 0. The number of likely N-dealkylation sites (N-methyl/N-ethyl adjacent to an activating group) is 1. The number of carbonyl (C=O) groups excluding carboxylic acids is 3. The van der Waals surface area contributed by atoms with Crippen LogP contribution >= 0.6 is 0 Å². The molecule has 0 bridgehead atoms. The molecule has 0 saturated carbocycles. The third kappa shape index (κ3) is 3.75. The molecule has 1 N–H and O–H groups in total. The van der Waals surface area contributed by atoms with E-state index in [1.165, 1.54) is 0 Å². The summed E-state index contributed by atoms with van der Waals surface area (Å²) in [5.41, 5.74) is 1.76. The molecule has 1 atom stereocenters. The number of anilines is 1. The molecule has 2 fully saturated rings. The Balaban J connectivity index is 1.52. The van der Waals surface area contributed by atoms with Crippen LogP contribution in [-0.4, -0.2) is 73.3 Å². The number of carbonyl (C=O) groups is 3. The summed E-state index contributed by atoms with van der Waals surface area (Å²) in [6, 6.07) is 6.99. The Hall–Kier alpha value is -2.57. The predicted octanol–water partition coefficient (Wildman–Crippen LogP) is 0.952. The molecule has 0 aromatic heterocycles. The van der Waals surface area contributed by atoms with Crippen LogP contribution in [0.3, 0.4) is 0 Å². The summed E-state index contributed by atoms with van der Waals surface area (Å²) in [4.78, 5) is 41.2. The number of Topliss-reactive ketones (excluding diaryl/α,β-unsaturated/α-hetero) is 1. The Labute approximate surface area is 147 Å². The van der Waals surface area contributed by atoms with E-state index in [1.807, 2.05) is 24.3 Å². The molecule has 2 aliphatic rings. The summed E-state index contributed by atoms with van der Waals surface area (Å²) >= 11 is 0. The van der Waals surface area contributed by atoms with Gasteiger partial charge in [0.05, 0.1) is 0 Å². The van der Waals surface area contributed by atoms with E-state index in [9.17, 15) is 14.4 Å². The quantitative estimate of drug-likeness (QED) is 0.829. The molecule has 7 nitrogen and oxygen atoms in total. The molecule has 2 aliphatic heterocycles. The van der Waals surface area contributed by atoms with E-state index < -0.39 is 6.04 Å². The molecule has 2 saturated heterocycles. The lowest BCUT2D eigenvalue weighted by Crippen LogP contribution is -2.54. The first kappa shape index (κ1) is 17.3. The normalized spacial score (nSPS) is 20.8. The van der Waals surface area contributed by atoms with Gasteiger partial charge in [0.1, 0.15) is 6.04 Å². The topological polar surface area (TPSA) is 73.0 Å². The number of urea groups is 1. The van der Waals surface area contributed by atoms with Crippen molar-refractivity contribution in [3.05, 3.63) is 29.8 Å². The van der Waals surface area contributed by atoms with Crippen LogP contribution in [0.15, 0.2) is 24.3 Å². The lowest BCUT2D eigenvalue weighted by atomic mass is 10.1. The third-order valence-corrected chi connectivity index (χ3v) is 4.93. The van der Waals surface area contributed by atoms with Gasteiger partial charge in [-0.1, -0.05) is 0 Å². The lowest BCUT2D eigenvalue weighted by molar-refractivity contribution is -0.128. The SMILES string of the molecule is CC(=O)c1ccc(N2CCN(C(=O)N[C@@H]3CCN(C)C3=O)CC2)cc1. The minimum absolute atomic E-state index is 0.0162. The first-order valence-corrected chi connectivity index (χ1v) is 8.62. The predicted molar refractivity (Wildman–Crippen MR) is 94.8 cm³/mol. The number of rotatable bonds is 3. The largest absolute Gasteiger partial charge is 0.368 e. The number of piperazine rings is 1. The van der Waals surface area contributed by atoms with E-state index >= 15 is 0 Å². The first-order chi connectivity index (χ1) is 12.0. The van der Waals surface area contributed by atoms with Crippen LogP contribution in [0.25, 0.3) is 0 Å². The van der Waals surface area contributed by atoms with Crippen LogP contribution < -0.4 is 10.2 Å². The van der Waals surface area contributed by atoms with Gasteiger partial charge in [0, 0.05) is 51.0 Å². The van der Waals surface area contributed by atoms with Gasteiger partial charge in [-0.3, -0.25) is 9.59 Å². The maximum atomic E-state index is 12.4. The monoisotopic (exact) mass is 344 g/mol. The van der Waals surface area contributed by atoms with Gasteiger partial charge in [-0.2, -0.15) is 0 Å². The van der Waals surface area contributed by atoms with Crippen molar-refractivity contribution in [2.24, 2.45) is 0 Å². The highest BCUT2D eigenvalue weighted by Gasteiger charge is 2.32. The number of benzene rings is 1. The van der Waals surface area contributed by atoms with Crippen molar-refractivity contribution in [3.8, 4) is 0 Å². The van der Waals surface area contributed by atoms with Crippen LogP contribution in [0.1, 0.15) is 23.7 Å². The number of hydrogen-bond donors (Lipinski definition) is 1. The van der Waals surface area contributed by atoms with Crippen LogP contribution in [0, 0.1) is 0 Å². The van der Waals surface area contributed by atoms with Crippen LogP contribution in [0.4, 0.5) is 10.5 Å². The molecule has 3 amide bonds. The summed E-state index contributed by atoms with van der Waals surface area (Å²) in [7, 11) is 1.75. The molecular weight excluding hydrogens is 320 g/mol. The second kappa shape index (κ2) is 7.13. The van der Waals surface area contributed by atoms with E-state index in [-0.39, 0.29) is 17.7 Å². The highest BCUT2D eigenvalue weighted by atomic mass is 16.2. The van der Waals surface area contributed by atoms with Crippen molar-refractivity contribution in [1.29, 1.82) is 0 Å². The molecule has 25 heavy (non-hydrogen) atoms. The van der Waals surface area contributed by atoms with Crippen LogP contribution in [-0.2, 0) is 4.79 Å². The maximum Gasteiger partial charge on any atom is 0.318 e. The fraction of sp³-hybridized carbons (Fsp3) is 0.500. The molecule has 2 heterocycles. The zero-order valence-corrected chi connectivity index (χ0v) is 14.7. The fourth-order valence-corrected chi connectivity index (χ4v) is 3.27. The molecule has 3 rings (SSSR count). The Morgan fingerprint density at radius 2 is 1.68 bits per heavy atom. The van der Waals surface area contributed by atoms with Crippen molar-refractivity contribution >= 4 is 23.4 Å². The molecule has 0 aliphatic carbocycles. The van der Waals surface area contributed by atoms with E-state index in [0.29, 0.717) is 31.6 Å². The van der Waals surface area contributed by atoms with Crippen LogP contribution in [0.2, 0.25) is 0 Å². The molecule has 1 aromatic rings. The Kier molecular flexibility index (Phi) is 4.92. The third-order valence-electron chi connectivity index (χ3n) is 4.93. The van der Waals surface area contributed by atoms with Gasteiger partial charge in [-0.05, 0) is 37.6 Å². The van der Waals surface area contributed by atoms with Gasteiger partial charge < -0.3 is 20.0 Å². The lowest BCUT2D eigenvalue weighted by Gasteiger charge is -2.36. The second-order valence-corrected chi connectivity index (χ2v) is 6.63. The van der Waals surface area contributed by atoms with E-state index in [4.69, 9.17) is 0 Å². The smallest absolute Gasteiger partial charge is 0.318 e. The molecule has 1 aromatic carbocycles. The minimum atomic E-state index is -0.394. The molecule has 134 valence electrons. The average Bonchev–Trinajstić information content (AvgIpc) is 2.94. The van der Waals surface area contributed by atoms with Gasteiger partial charge in [-0.25, -0.2) is 4.79 Å². The Morgan fingerprint density at radius 1 is 1.04 bits per heavy atom. The van der Waals surface area contributed by atoms with Gasteiger partial charge in [0.15, 0.2) is 5.78 Å². The number of nitrogens with zero attached hydrogens (tertiary/aromatic N) is 3. The van der Waals surface area contributed by atoms with Crippen molar-refractivity contribution in [1.82, 2.24) is 15.1 Å². The average molecular weight is 344 g/mol. The summed E-state index contributed by atoms with van der Waals surface area (Å²) in [6.07, 6.45) is 0.670. The molecule has 0 spiro atoms. The number of ketones is 1. The maximum absolute atomic E-state index is 12.4. The zero-order valence-electron chi connectivity index (χ0n) is 14.7. The van der Waals surface area contributed by atoms with Crippen molar-refractivity contribution < 1.29 is 14.4 Å². The highest BCUT2D eigenvalue weighted by molar-refractivity contribution is 5.94. The second-order valence-electron chi connectivity index (χ2n) is 6.63. The summed E-state index contributed by atoms with van der Waals surface area (Å²) in [5.74, 6) is 0.0395.